The fourth-order valence-corrected chi connectivity index (χ4v) is 1.90. The van der Waals surface area contributed by atoms with Crippen LogP contribution >= 0.6 is 11.6 Å². The first-order chi connectivity index (χ1) is 7.13. The van der Waals surface area contributed by atoms with Crippen LogP contribution in [0.1, 0.15) is 12.5 Å². The van der Waals surface area contributed by atoms with Crippen molar-refractivity contribution in [2.24, 2.45) is 0 Å². The Balaban J connectivity index is 2.91. The Morgan fingerprint density at radius 2 is 2.07 bits per heavy atom. The van der Waals surface area contributed by atoms with Gasteiger partial charge in [-0.2, -0.15) is 0 Å². The largest absolute Gasteiger partial charge is 0.508 e. The van der Waals surface area contributed by atoms with Crippen LogP contribution in [0.15, 0.2) is 24.3 Å². The van der Waals surface area contributed by atoms with Crippen molar-refractivity contribution in [2.45, 2.75) is 13.3 Å². The van der Waals surface area contributed by atoms with Crippen molar-refractivity contribution >= 4 is 22.4 Å². The van der Waals surface area contributed by atoms with Gasteiger partial charge in [0.25, 0.3) is 0 Å². The number of aromatic hydroxyl groups is 1. The molecular weight excluding hydrogens is 215 g/mol. The molecule has 0 saturated carbocycles. The second kappa shape index (κ2) is 3.70. The molecule has 0 heterocycles. The Morgan fingerprint density at radius 3 is 2.73 bits per heavy atom. The standard InChI is InChI=1S/C12H10ClFO/c1-2-7-5-9(15)6-8-3-4-10(13)12(14)11(7)8/h3-6,15H,2H2,1H3. The van der Waals surface area contributed by atoms with Gasteiger partial charge in [0.1, 0.15) is 11.6 Å². The third-order valence-corrected chi connectivity index (χ3v) is 2.75. The molecule has 0 bridgehead atoms. The van der Waals surface area contributed by atoms with Gasteiger partial charge in [-0.15, -0.1) is 0 Å². The molecule has 78 valence electrons. The second-order valence-electron chi connectivity index (χ2n) is 3.42. The maximum atomic E-state index is 13.8. The summed E-state index contributed by atoms with van der Waals surface area (Å²) in [6, 6.07) is 6.31. The van der Waals surface area contributed by atoms with Gasteiger partial charge in [0.2, 0.25) is 0 Å². The van der Waals surface area contributed by atoms with Crippen molar-refractivity contribution in [3.63, 3.8) is 0 Å². The summed E-state index contributed by atoms with van der Waals surface area (Å²) in [7, 11) is 0. The summed E-state index contributed by atoms with van der Waals surface area (Å²) in [6.07, 6.45) is 0.655. The molecule has 2 aromatic carbocycles. The molecule has 0 amide bonds. The Bertz CT molecular complexity index is 523. The molecule has 0 aliphatic carbocycles. The number of aryl methyl sites for hydroxylation is 1. The third kappa shape index (κ3) is 1.65. The van der Waals surface area contributed by atoms with Gasteiger partial charge in [-0.3, -0.25) is 0 Å². The molecule has 2 rings (SSSR count). The summed E-state index contributed by atoms with van der Waals surface area (Å²) in [6.45, 7) is 1.91. The van der Waals surface area contributed by atoms with Crippen LogP contribution in [0.3, 0.4) is 0 Å². The maximum Gasteiger partial charge on any atom is 0.149 e. The van der Waals surface area contributed by atoms with Crippen LogP contribution in [-0.4, -0.2) is 5.11 Å². The summed E-state index contributed by atoms with van der Waals surface area (Å²) in [5.74, 6) is -0.257. The minimum atomic E-state index is -0.411. The average Bonchev–Trinajstić information content (AvgIpc) is 2.22. The smallest absolute Gasteiger partial charge is 0.149 e. The Kier molecular flexibility index (Phi) is 2.53. The van der Waals surface area contributed by atoms with E-state index in [1.54, 1.807) is 12.1 Å². The molecule has 0 saturated heterocycles. The minimum Gasteiger partial charge on any atom is -0.508 e. The van der Waals surface area contributed by atoms with Crippen LogP contribution in [0, 0.1) is 5.82 Å². The van der Waals surface area contributed by atoms with E-state index in [2.05, 4.69) is 0 Å². The van der Waals surface area contributed by atoms with Gasteiger partial charge in [-0.05, 0) is 35.6 Å². The lowest BCUT2D eigenvalue weighted by atomic mass is 10.0. The van der Waals surface area contributed by atoms with E-state index < -0.39 is 5.82 Å². The van der Waals surface area contributed by atoms with E-state index in [-0.39, 0.29) is 10.8 Å². The van der Waals surface area contributed by atoms with Crippen LogP contribution in [0.5, 0.6) is 5.75 Å². The lowest BCUT2D eigenvalue weighted by molar-refractivity contribution is 0.475. The number of fused-ring (bicyclic) bond motifs is 1. The van der Waals surface area contributed by atoms with Gasteiger partial charge in [0.05, 0.1) is 5.02 Å². The first-order valence-corrected chi connectivity index (χ1v) is 5.11. The van der Waals surface area contributed by atoms with E-state index in [1.165, 1.54) is 12.1 Å². The van der Waals surface area contributed by atoms with Crippen LogP contribution in [0.4, 0.5) is 4.39 Å². The highest BCUT2D eigenvalue weighted by atomic mass is 35.5. The van der Waals surface area contributed by atoms with Crippen LogP contribution < -0.4 is 0 Å². The SMILES string of the molecule is CCc1cc(O)cc2ccc(Cl)c(F)c12. The predicted molar refractivity (Wildman–Crippen MR) is 60.0 cm³/mol. The maximum absolute atomic E-state index is 13.8. The van der Waals surface area contributed by atoms with Crippen molar-refractivity contribution < 1.29 is 9.50 Å². The van der Waals surface area contributed by atoms with Gasteiger partial charge >= 0.3 is 0 Å². The van der Waals surface area contributed by atoms with E-state index in [4.69, 9.17) is 11.6 Å². The monoisotopic (exact) mass is 224 g/mol. The predicted octanol–water partition coefficient (Wildman–Crippen LogP) is 3.90. The normalized spacial score (nSPS) is 10.9. The number of rotatable bonds is 1. The molecule has 0 spiro atoms. The molecule has 0 atom stereocenters. The highest BCUT2D eigenvalue weighted by Crippen LogP contribution is 2.30. The first-order valence-electron chi connectivity index (χ1n) is 4.73. The summed E-state index contributed by atoms with van der Waals surface area (Å²) >= 11 is 5.72. The van der Waals surface area contributed by atoms with Gasteiger partial charge < -0.3 is 5.11 Å². The molecule has 15 heavy (non-hydrogen) atoms. The molecule has 2 aromatic rings. The summed E-state index contributed by atoms with van der Waals surface area (Å²) in [4.78, 5) is 0. The van der Waals surface area contributed by atoms with E-state index in [9.17, 15) is 9.50 Å². The minimum absolute atomic E-state index is 0.114. The fraction of sp³-hybridized carbons (Fsp3) is 0.167. The summed E-state index contributed by atoms with van der Waals surface area (Å²) in [5, 5.41) is 10.7. The number of hydrogen-bond donors (Lipinski definition) is 1. The zero-order chi connectivity index (χ0) is 11.0. The molecule has 1 nitrogen and oxygen atoms in total. The Labute approximate surface area is 92.1 Å². The zero-order valence-corrected chi connectivity index (χ0v) is 8.98. The number of phenolic OH excluding ortho intramolecular Hbond substituents is 1. The number of phenols is 1. The van der Waals surface area contributed by atoms with Gasteiger partial charge in [-0.1, -0.05) is 24.6 Å². The quantitative estimate of drug-likeness (QED) is 0.779. The molecule has 0 radical (unpaired) electrons. The average molecular weight is 225 g/mol. The summed E-state index contributed by atoms with van der Waals surface area (Å²) in [5.41, 5.74) is 0.769. The molecule has 0 unspecified atom stereocenters. The highest BCUT2D eigenvalue weighted by Gasteiger charge is 2.10. The van der Waals surface area contributed by atoms with Gasteiger partial charge in [-0.25, -0.2) is 4.39 Å². The highest BCUT2D eigenvalue weighted by molar-refractivity contribution is 6.31. The van der Waals surface area contributed by atoms with E-state index in [0.29, 0.717) is 17.2 Å². The molecule has 0 aliphatic rings. The van der Waals surface area contributed by atoms with Gasteiger partial charge in [0, 0.05) is 5.39 Å². The Hall–Kier alpha value is -1.28. The molecular formula is C12H10ClFO. The van der Waals surface area contributed by atoms with Crippen molar-refractivity contribution in [1.29, 1.82) is 0 Å². The molecule has 3 heteroatoms. The topological polar surface area (TPSA) is 20.2 Å². The number of benzene rings is 2. The van der Waals surface area contributed by atoms with Crippen molar-refractivity contribution in [1.82, 2.24) is 0 Å². The van der Waals surface area contributed by atoms with Crippen molar-refractivity contribution in [2.75, 3.05) is 0 Å². The second-order valence-corrected chi connectivity index (χ2v) is 3.83. The lowest BCUT2D eigenvalue weighted by Crippen LogP contribution is -1.89. The van der Waals surface area contributed by atoms with Crippen molar-refractivity contribution in [3.05, 3.63) is 40.7 Å². The first kappa shape index (κ1) is 10.2. The zero-order valence-electron chi connectivity index (χ0n) is 8.22. The van der Waals surface area contributed by atoms with Gasteiger partial charge in [0.15, 0.2) is 0 Å². The van der Waals surface area contributed by atoms with Crippen LogP contribution in [-0.2, 0) is 6.42 Å². The third-order valence-electron chi connectivity index (χ3n) is 2.45. The molecule has 1 N–H and O–H groups in total. The van der Waals surface area contributed by atoms with Crippen LogP contribution in [0.25, 0.3) is 10.8 Å². The van der Waals surface area contributed by atoms with E-state index >= 15 is 0 Å². The fourth-order valence-electron chi connectivity index (χ4n) is 1.74. The van der Waals surface area contributed by atoms with Crippen LogP contribution in [0.2, 0.25) is 5.02 Å². The molecule has 0 aliphatic heterocycles. The van der Waals surface area contributed by atoms with Crippen molar-refractivity contribution in [3.8, 4) is 5.75 Å². The molecule has 0 aromatic heterocycles. The number of halogens is 2. The number of hydrogen-bond acceptors (Lipinski definition) is 1. The lowest BCUT2D eigenvalue weighted by Gasteiger charge is -2.07. The van der Waals surface area contributed by atoms with E-state index in [1.807, 2.05) is 6.92 Å². The summed E-state index contributed by atoms with van der Waals surface area (Å²) < 4.78 is 13.8. The molecule has 0 fully saturated rings. The van der Waals surface area contributed by atoms with E-state index in [0.717, 1.165) is 5.56 Å². The Morgan fingerprint density at radius 1 is 1.33 bits per heavy atom.